The fourth-order valence-corrected chi connectivity index (χ4v) is 3.96. The molecular weight excluding hydrogens is 230 g/mol. The van der Waals surface area contributed by atoms with E-state index in [0.717, 1.165) is 12.3 Å². The molecule has 0 amide bonds. The Morgan fingerprint density at radius 3 is 1.31 bits per heavy atom. The van der Waals surface area contributed by atoms with Crippen LogP contribution < -0.4 is 0 Å². The van der Waals surface area contributed by atoms with E-state index in [-0.39, 0.29) is 0 Å². The summed E-state index contributed by atoms with van der Waals surface area (Å²) in [4.78, 5) is 0. The van der Waals surface area contributed by atoms with Gasteiger partial charge in [-0.15, -0.1) is 0 Å². The third kappa shape index (κ3) is 4.05. The summed E-state index contributed by atoms with van der Waals surface area (Å²) in [6.07, 6.45) is 2.32. The molecule has 0 spiro atoms. The molecule has 0 aliphatic rings. The summed E-state index contributed by atoms with van der Waals surface area (Å²) in [5.74, 6) is 0. The first-order chi connectivity index (χ1) is 7.95. The SMILES string of the molecule is c1ccc(C[P][P]Cc2ccccc2)cc1. The molecule has 0 nitrogen and oxygen atoms in total. The highest BCUT2D eigenvalue weighted by atomic mass is 32.0. The van der Waals surface area contributed by atoms with Crippen LogP contribution in [0.25, 0.3) is 0 Å². The van der Waals surface area contributed by atoms with Crippen molar-refractivity contribution in [3.8, 4) is 0 Å². The molecule has 0 heterocycles. The third-order valence-corrected chi connectivity index (χ3v) is 4.95. The molecule has 0 bridgehead atoms. The van der Waals surface area contributed by atoms with Crippen molar-refractivity contribution in [3.63, 3.8) is 0 Å². The summed E-state index contributed by atoms with van der Waals surface area (Å²) >= 11 is 0. The largest absolute Gasteiger partial charge is 0.0622 e. The lowest BCUT2D eigenvalue weighted by molar-refractivity contribution is 1.41. The van der Waals surface area contributed by atoms with Gasteiger partial charge < -0.3 is 0 Å². The van der Waals surface area contributed by atoms with Crippen molar-refractivity contribution in [2.24, 2.45) is 0 Å². The summed E-state index contributed by atoms with van der Waals surface area (Å²) in [5.41, 5.74) is 2.87. The molecule has 0 aliphatic heterocycles. The van der Waals surface area contributed by atoms with Crippen molar-refractivity contribution >= 4 is 16.5 Å². The smallest absolute Gasteiger partial charge is 0.00110 e. The van der Waals surface area contributed by atoms with Gasteiger partial charge in [0.25, 0.3) is 0 Å². The fourth-order valence-electron chi connectivity index (χ4n) is 1.43. The van der Waals surface area contributed by atoms with Crippen molar-refractivity contribution in [2.75, 3.05) is 0 Å². The highest BCUT2D eigenvalue weighted by Crippen LogP contribution is 2.42. The fraction of sp³-hybridized carbons (Fsp3) is 0.143. The zero-order chi connectivity index (χ0) is 11.1. The second-order valence-corrected chi connectivity index (χ2v) is 6.47. The maximum atomic E-state index is 2.20. The average Bonchev–Trinajstić information content (AvgIpc) is 2.37. The first-order valence-electron chi connectivity index (χ1n) is 5.36. The molecule has 0 aromatic heterocycles. The van der Waals surface area contributed by atoms with Crippen molar-refractivity contribution < 1.29 is 0 Å². The minimum atomic E-state index is 1.16. The van der Waals surface area contributed by atoms with E-state index in [0.29, 0.717) is 0 Å². The summed E-state index contributed by atoms with van der Waals surface area (Å²) in [6.45, 7) is 0. The molecule has 0 saturated carbocycles. The van der Waals surface area contributed by atoms with Crippen LogP contribution >= 0.6 is 16.5 Å². The van der Waals surface area contributed by atoms with Gasteiger partial charge in [0, 0.05) is 12.3 Å². The number of hydrogen-bond donors (Lipinski definition) is 0. The Hall–Kier alpha value is -0.700. The molecule has 2 radical (unpaired) electrons. The van der Waals surface area contributed by atoms with Gasteiger partial charge in [-0.25, -0.2) is 0 Å². The van der Waals surface area contributed by atoms with Crippen LogP contribution in [-0.4, -0.2) is 0 Å². The molecule has 2 heteroatoms. The zero-order valence-electron chi connectivity index (χ0n) is 9.08. The Bertz CT molecular complexity index is 356. The Labute approximate surface area is 101 Å². The summed E-state index contributed by atoms with van der Waals surface area (Å²) < 4.78 is 0. The normalized spacial score (nSPS) is 11.8. The van der Waals surface area contributed by atoms with Gasteiger partial charge in [-0.1, -0.05) is 60.7 Å². The highest BCUT2D eigenvalue weighted by Gasteiger charge is 1.95. The van der Waals surface area contributed by atoms with E-state index < -0.39 is 0 Å². The Morgan fingerprint density at radius 2 is 0.938 bits per heavy atom. The minimum Gasteiger partial charge on any atom is -0.0622 e. The lowest BCUT2D eigenvalue weighted by Gasteiger charge is -2.01. The molecule has 80 valence electrons. The van der Waals surface area contributed by atoms with Crippen LogP contribution in [0.4, 0.5) is 0 Å². The van der Waals surface area contributed by atoms with E-state index in [4.69, 9.17) is 0 Å². The standard InChI is InChI=1S/C14H14P2/c1-3-7-13(8-4-1)11-15-16-12-14-9-5-2-6-10-14/h1-10H,11-12H2. The highest BCUT2D eigenvalue weighted by molar-refractivity contribution is 8.11. The van der Waals surface area contributed by atoms with Crippen LogP contribution in [0, 0.1) is 0 Å². The molecule has 16 heavy (non-hydrogen) atoms. The predicted molar refractivity (Wildman–Crippen MR) is 74.1 cm³/mol. The minimum absolute atomic E-state index is 1.16. The molecule has 2 aromatic carbocycles. The van der Waals surface area contributed by atoms with Gasteiger partial charge in [-0.05, 0) is 27.7 Å². The van der Waals surface area contributed by atoms with Gasteiger partial charge in [0.2, 0.25) is 0 Å². The van der Waals surface area contributed by atoms with E-state index in [2.05, 4.69) is 60.7 Å². The second-order valence-electron chi connectivity index (χ2n) is 3.57. The maximum Gasteiger partial charge on any atom is 0.00110 e. The summed E-state index contributed by atoms with van der Waals surface area (Å²) in [5, 5.41) is 0. The van der Waals surface area contributed by atoms with Gasteiger partial charge in [0.15, 0.2) is 0 Å². The topological polar surface area (TPSA) is 0 Å². The van der Waals surface area contributed by atoms with Gasteiger partial charge in [0.05, 0.1) is 0 Å². The molecular formula is C14H14P2. The van der Waals surface area contributed by atoms with Gasteiger partial charge >= 0.3 is 0 Å². The van der Waals surface area contributed by atoms with Crippen LogP contribution in [-0.2, 0) is 12.3 Å². The average molecular weight is 244 g/mol. The van der Waals surface area contributed by atoms with Crippen LogP contribution in [0.1, 0.15) is 11.1 Å². The quantitative estimate of drug-likeness (QED) is 0.501. The van der Waals surface area contributed by atoms with Gasteiger partial charge in [-0.2, -0.15) is 0 Å². The summed E-state index contributed by atoms with van der Waals surface area (Å²) in [6, 6.07) is 21.4. The van der Waals surface area contributed by atoms with Crippen molar-refractivity contribution in [1.82, 2.24) is 0 Å². The second kappa shape index (κ2) is 6.79. The molecule has 0 aliphatic carbocycles. The van der Waals surface area contributed by atoms with Crippen molar-refractivity contribution in [1.29, 1.82) is 0 Å². The van der Waals surface area contributed by atoms with Crippen LogP contribution in [0.2, 0.25) is 0 Å². The molecule has 2 rings (SSSR count). The lowest BCUT2D eigenvalue weighted by Crippen LogP contribution is -1.76. The zero-order valence-corrected chi connectivity index (χ0v) is 10.9. The maximum absolute atomic E-state index is 2.20. The summed E-state index contributed by atoms with van der Waals surface area (Å²) in [7, 11) is 2.98. The molecule has 0 unspecified atom stereocenters. The first kappa shape index (κ1) is 11.8. The van der Waals surface area contributed by atoms with Crippen LogP contribution in [0.5, 0.6) is 0 Å². The first-order valence-corrected chi connectivity index (χ1v) is 8.23. The monoisotopic (exact) mass is 244 g/mol. The molecule has 0 fully saturated rings. The van der Waals surface area contributed by atoms with E-state index in [1.807, 2.05) is 0 Å². The molecule has 0 N–H and O–H groups in total. The number of hydrogen-bond acceptors (Lipinski definition) is 0. The Morgan fingerprint density at radius 1 is 0.562 bits per heavy atom. The predicted octanol–water partition coefficient (Wildman–Crippen LogP) is 5.19. The molecule has 0 saturated heterocycles. The van der Waals surface area contributed by atoms with Gasteiger partial charge in [0.1, 0.15) is 0 Å². The molecule has 0 atom stereocenters. The Kier molecular flexibility index (Phi) is 5.00. The van der Waals surface area contributed by atoms with Crippen LogP contribution in [0.15, 0.2) is 60.7 Å². The van der Waals surface area contributed by atoms with Gasteiger partial charge in [-0.3, -0.25) is 0 Å². The van der Waals surface area contributed by atoms with Crippen molar-refractivity contribution in [2.45, 2.75) is 12.3 Å². The van der Waals surface area contributed by atoms with Crippen molar-refractivity contribution in [3.05, 3.63) is 71.8 Å². The Balaban J connectivity index is 1.70. The molecule has 2 aromatic rings. The number of rotatable bonds is 5. The number of benzene rings is 2. The van der Waals surface area contributed by atoms with E-state index in [9.17, 15) is 0 Å². The van der Waals surface area contributed by atoms with E-state index in [1.54, 1.807) is 0 Å². The van der Waals surface area contributed by atoms with Crippen LogP contribution in [0.3, 0.4) is 0 Å². The van der Waals surface area contributed by atoms with E-state index >= 15 is 0 Å². The van der Waals surface area contributed by atoms with E-state index in [1.165, 1.54) is 27.7 Å². The lowest BCUT2D eigenvalue weighted by atomic mass is 10.2. The third-order valence-electron chi connectivity index (χ3n) is 2.29.